The summed E-state index contributed by atoms with van der Waals surface area (Å²) in [6.07, 6.45) is 1.10. The SMILES string of the molecule is Clc1ccc2c(c1)-c1c(-c3ccc(-c4nc(-c5ccccc5)nc(-c5ccccc5)n4)cc3)cccc1C21c2ccccc2Oc2ccccc21.c1ccc(-c2nc(-c3ccccc3)nc(-c3ccc(-c4cccc5c4-c4cc(-n6c7ccccc7c7ccccc76)ccc4C54c5ccccc5Oc5ccccc54)cc3)n2)cc1.c1ccc2c(c1)Cc1ccccc1-2. The van der Waals surface area contributed by atoms with Crippen molar-refractivity contribution in [1.82, 2.24) is 34.5 Å². The maximum atomic E-state index is 6.77. The summed E-state index contributed by atoms with van der Waals surface area (Å²) in [6, 6.07) is 153. The largest absolute Gasteiger partial charge is 0.457 e. The zero-order valence-corrected chi connectivity index (χ0v) is 69.4. The van der Waals surface area contributed by atoms with Gasteiger partial charge < -0.3 is 14.0 Å². The van der Waals surface area contributed by atoms with Gasteiger partial charge in [-0.05, 0) is 156 Å². The van der Waals surface area contributed by atoms with Gasteiger partial charge in [-0.15, -0.1) is 0 Å². The van der Waals surface area contributed by atoms with E-state index in [-0.39, 0.29) is 0 Å². The summed E-state index contributed by atoms with van der Waals surface area (Å²) >= 11 is 6.77. The summed E-state index contributed by atoms with van der Waals surface area (Å²) in [7, 11) is 0. The second kappa shape index (κ2) is 30.6. The van der Waals surface area contributed by atoms with E-state index in [9.17, 15) is 0 Å². The lowest BCUT2D eigenvalue weighted by atomic mass is 9.66. The van der Waals surface area contributed by atoms with Gasteiger partial charge in [0.2, 0.25) is 0 Å². The van der Waals surface area contributed by atoms with E-state index >= 15 is 0 Å². The molecular weight excluding hydrogens is 1570 g/mol. The minimum Gasteiger partial charge on any atom is -0.457 e. The van der Waals surface area contributed by atoms with Crippen molar-refractivity contribution in [3.05, 3.63) is 497 Å². The van der Waals surface area contributed by atoms with E-state index in [4.69, 9.17) is 51.0 Å². The Morgan fingerprint density at radius 2 is 0.512 bits per heavy atom. The topological polar surface area (TPSA) is 101 Å². The van der Waals surface area contributed by atoms with Crippen molar-refractivity contribution in [1.29, 1.82) is 0 Å². The fraction of sp³-hybridized carbons (Fsp3) is 0.0256. The molecule has 21 aromatic rings. The molecule has 0 unspecified atom stereocenters. The van der Waals surface area contributed by atoms with Crippen molar-refractivity contribution >= 4 is 33.4 Å². The molecule has 2 aliphatic heterocycles. The third kappa shape index (κ3) is 12.3. The van der Waals surface area contributed by atoms with Crippen molar-refractivity contribution in [3.8, 4) is 153 Å². The van der Waals surface area contributed by atoms with Crippen LogP contribution >= 0.6 is 11.6 Å². The number of hydrogen-bond donors (Lipinski definition) is 0. The minimum absolute atomic E-state index is 0.566. The van der Waals surface area contributed by atoms with Gasteiger partial charge in [-0.2, -0.15) is 0 Å². The first-order valence-corrected chi connectivity index (χ1v) is 43.3. The average Bonchev–Trinajstić information content (AvgIpc) is 1.54. The Balaban J connectivity index is 0.000000126. The molecule has 0 N–H and O–H groups in total. The second-order valence-corrected chi connectivity index (χ2v) is 33.1. The average molecular weight is 1650 g/mol. The Labute approximate surface area is 739 Å². The molecule has 5 heterocycles. The van der Waals surface area contributed by atoms with Crippen LogP contribution < -0.4 is 9.47 Å². The maximum absolute atomic E-state index is 6.77. The van der Waals surface area contributed by atoms with Crippen LogP contribution in [0.4, 0.5) is 0 Å². The van der Waals surface area contributed by atoms with Gasteiger partial charge in [0.1, 0.15) is 23.0 Å². The molecule has 3 aliphatic carbocycles. The molecule has 26 rings (SSSR count). The fourth-order valence-corrected chi connectivity index (χ4v) is 20.4. The van der Waals surface area contributed by atoms with Crippen LogP contribution in [0, 0.1) is 0 Å². The quantitative estimate of drug-likeness (QED) is 0.141. The van der Waals surface area contributed by atoms with Crippen LogP contribution in [0.1, 0.15) is 55.6 Å². The highest BCUT2D eigenvalue weighted by molar-refractivity contribution is 6.31. The Morgan fingerprint density at radius 3 is 0.898 bits per heavy atom. The molecule has 0 saturated heterocycles. The zero-order chi connectivity index (χ0) is 84.1. The number of ether oxygens (including phenoxy) is 2. The molecule has 2 spiro atoms. The summed E-state index contributed by atoms with van der Waals surface area (Å²) < 4.78 is 15.6. The summed E-state index contributed by atoms with van der Waals surface area (Å²) in [5, 5.41) is 3.18. The van der Waals surface area contributed by atoms with Crippen LogP contribution in [-0.4, -0.2) is 34.5 Å². The van der Waals surface area contributed by atoms with Crippen LogP contribution in [0.2, 0.25) is 5.02 Å². The van der Waals surface area contributed by atoms with E-state index in [1.54, 1.807) is 0 Å². The van der Waals surface area contributed by atoms with Crippen molar-refractivity contribution in [2.24, 2.45) is 0 Å². The number of hydrogen-bond acceptors (Lipinski definition) is 8. The van der Waals surface area contributed by atoms with Crippen LogP contribution in [-0.2, 0) is 17.3 Å². The lowest BCUT2D eigenvalue weighted by molar-refractivity contribution is 0.436. The molecule has 0 atom stereocenters. The van der Waals surface area contributed by atoms with E-state index in [0.29, 0.717) is 40.0 Å². The number of aromatic nitrogens is 7. The second-order valence-electron chi connectivity index (χ2n) is 32.7. The van der Waals surface area contributed by atoms with Crippen molar-refractivity contribution in [2.45, 2.75) is 17.3 Å². The van der Waals surface area contributed by atoms with Gasteiger partial charge in [0.25, 0.3) is 0 Å². The number of nitrogens with zero attached hydrogens (tertiary/aromatic N) is 7. The van der Waals surface area contributed by atoms with Gasteiger partial charge in [-0.1, -0.05) is 388 Å². The molecule has 18 aromatic carbocycles. The lowest BCUT2D eigenvalue weighted by Gasteiger charge is -2.39. The van der Waals surface area contributed by atoms with Gasteiger partial charge in [0.15, 0.2) is 34.9 Å². The third-order valence-corrected chi connectivity index (χ3v) is 26.0. The Morgan fingerprint density at radius 1 is 0.220 bits per heavy atom. The first-order valence-electron chi connectivity index (χ1n) is 42.9. The van der Waals surface area contributed by atoms with E-state index in [0.717, 1.165) is 119 Å². The Bertz CT molecular complexity index is 7630. The first-order chi connectivity index (χ1) is 62.9. The first kappa shape index (κ1) is 74.5. The number of halogens is 1. The van der Waals surface area contributed by atoms with E-state index in [1.165, 1.54) is 83.0 Å². The number of fused-ring (bicyclic) bond motifs is 24. The van der Waals surface area contributed by atoms with E-state index in [2.05, 4.69) is 302 Å². The summed E-state index contributed by atoms with van der Waals surface area (Å²) in [4.78, 5) is 29.7. The minimum atomic E-state index is -0.613. The lowest BCUT2D eigenvalue weighted by Crippen LogP contribution is -2.32. The number of rotatable bonds is 9. The van der Waals surface area contributed by atoms with Crippen molar-refractivity contribution in [2.75, 3.05) is 0 Å². The highest BCUT2D eigenvalue weighted by Crippen LogP contribution is 2.66. The van der Waals surface area contributed by atoms with Gasteiger partial charge in [-0.3, -0.25) is 0 Å². The van der Waals surface area contributed by atoms with E-state index < -0.39 is 10.8 Å². The summed E-state index contributed by atoms with van der Waals surface area (Å²) in [6.45, 7) is 0. The smallest absolute Gasteiger partial charge is 0.164 e. The predicted octanol–water partition coefficient (Wildman–Crippen LogP) is 29.0. The monoisotopic (exact) mass is 1640 g/mol. The van der Waals surface area contributed by atoms with Crippen LogP contribution in [0.25, 0.3) is 151 Å². The molecule has 0 amide bonds. The predicted molar refractivity (Wildman–Crippen MR) is 512 cm³/mol. The van der Waals surface area contributed by atoms with Crippen molar-refractivity contribution in [3.63, 3.8) is 0 Å². The molecule has 0 radical (unpaired) electrons. The Kier molecular flexibility index (Phi) is 18.0. The number of benzene rings is 18. The third-order valence-electron chi connectivity index (χ3n) is 25.7. The molecule has 0 fully saturated rings. The highest BCUT2D eigenvalue weighted by Gasteiger charge is 2.54. The molecule has 3 aromatic heterocycles. The van der Waals surface area contributed by atoms with Gasteiger partial charge in [0.05, 0.1) is 21.9 Å². The zero-order valence-electron chi connectivity index (χ0n) is 68.6. The van der Waals surface area contributed by atoms with Crippen LogP contribution in [0.15, 0.2) is 437 Å². The van der Waals surface area contributed by atoms with Crippen LogP contribution in [0.3, 0.4) is 0 Å². The molecular formula is C117H74ClN7O2. The Hall–Kier alpha value is -16.3. The molecule has 5 aliphatic rings. The van der Waals surface area contributed by atoms with Crippen molar-refractivity contribution < 1.29 is 9.47 Å². The highest BCUT2D eigenvalue weighted by atomic mass is 35.5. The summed E-state index contributed by atoms with van der Waals surface area (Å²) in [5.41, 5.74) is 32.3. The number of para-hydroxylation sites is 6. The fourth-order valence-electron chi connectivity index (χ4n) is 20.2. The molecule has 127 heavy (non-hydrogen) atoms. The standard InChI is InChI=1S/C58H36N4O.C46H28ClN3O.C13H10/c1-3-16-38(17-4-1)55-59-56(39-18-5-2-6-19-39)61-57(60-55)40-32-30-37(31-33-40)42-22-15-25-49-54(42)45-36-41(62-50-26-11-7-20-43(50)44-21-8-12-27-51(44)62)34-35-46(45)58(49)47-23-9-13-28-52(47)63-53-29-14-10-24-48(53)58;47-33-26-27-36-35(28-33)42-34(16-11-19-39(42)46(36)37-17-7-9-20-40(37)51-41-21-10-8-18-38(41)46)29-22-24-32(25-23-29)45-49-43(30-12-3-1-4-13-30)48-44(50-45)31-14-5-2-6-15-31;1-3-7-12-10(5-1)9-11-6-2-4-8-13(11)12/h1-36H;1-28H;1-8H,9H2. The normalized spacial score (nSPS) is 13.0. The molecule has 596 valence electrons. The molecule has 10 heteroatoms. The molecule has 0 bridgehead atoms. The van der Waals surface area contributed by atoms with E-state index in [1.807, 2.05) is 140 Å². The molecule has 0 saturated carbocycles. The van der Waals surface area contributed by atoms with Gasteiger partial charge in [-0.25, -0.2) is 29.9 Å². The maximum Gasteiger partial charge on any atom is 0.164 e. The van der Waals surface area contributed by atoms with Gasteiger partial charge in [0, 0.05) is 77.1 Å². The van der Waals surface area contributed by atoms with Gasteiger partial charge >= 0.3 is 0 Å². The summed E-state index contributed by atoms with van der Waals surface area (Å²) in [5.74, 6) is 7.28. The molecule has 9 nitrogen and oxygen atoms in total. The van der Waals surface area contributed by atoms with Crippen LogP contribution in [0.5, 0.6) is 23.0 Å².